The van der Waals surface area contributed by atoms with Crippen molar-refractivity contribution in [1.82, 2.24) is 10.2 Å². The van der Waals surface area contributed by atoms with Gasteiger partial charge in [0, 0.05) is 20.6 Å². The van der Waals surface area contributed by atoms with Gasteiger partial charge in [-0.3, -0.25) is 9.59 Å². The van der Waals surface area contributed by atoms with Gasteiger partial charge in [0.05, 0.1) is 12.4 Å². The number of carbonyl (C=O) groups excluding carboxylic acids is 2. The summed E-state index contributed by atoms with van der Waals surface area (Å²) in [6.45, 7) is 0.386. The summed E-state index contributed by atoms with van der Waals surface area (Å²) in [5, 5.41) is 2.73. The Hall–Kier alpha value is -1.82. The van der Waals surface area contributed by atoms with E-state index in [1.807, 2.05) is 0 Å². The Balaban J connectivity index is 1.77. The molecule has 6 nitrogen and oxygen atoms in total. The minimum atomic E-state index is -0.388. The summed E-state index contributed by atoms with van der Waals surface area (Å²) < 4.78 is 10.6. The van der Waals surface area contributed by atoms with Crippen molar-refractivity contribution in [1.29, 1.82) is 0 Å². The number of likely N-dealkylation sites (N-methyl/N-ethyl adjacent to an activating group) is 1. The topological polar surface area (TPSA) is 71.8 Å². The fraction of sp³-hybridized carbons (Fsp3) is 0.538. The van der Waals surface area contributed by atoms with Crippen molar-refractivity contribution in [2.75, 3.05) is 20.6 Å². The summed E-state index contributed by atoms with van der Waals surface area (Å²) in [7, 11) is 3.41. The molecule has 6 heteroatoms. The first kappa shape index (κ1) is 13.6. The number of rotatable bonds is 4. The van der Waals surface area contributed by atoms with E-state index in [1.165, 1.54) is 11.2 Å². The van der Waals surface area contributed by atoms with E-state index in [-0.39, 0.29) is 29.8 Å². The number of ether oxygens (including phenoxy) is 1. The molecule has 2 atom stereocenters. The van der Waals surface area contributed by atoms with Gasteiger partial charge in [-0.05, 0) is 25.0 Å². The van der Waals surface area contributed by atoms with Gasteiger partial charge >= 0.3 is 0 Å². The summed E-state index contributed by atoms with van der Waals surface area (Å²) in [6, 6.07) is 3.26. The average Bonchev–Trinajstić information content (AvgIpc) is 3.06. The highest BCUT2D eigenvalue weighted by atomic mass is 16.5. The van der Waals surface area contributed by atoms with Gasteiger partial charge in [0.25, 0.3) is 11.8 Å². The van der Waals surface area contributed by atoms with Gasteiger partial charge in [-0.2, -0.15) is 0 Å². The van der Waals surface area contributed by atoms with E-state index in [4.69, 9.17) is 9.15 Å². The maximum absolute atomic E-state index is 11.7. The lowest BCUT2D eigenvalue weighted by Crippen LogP contribution is -2.36. The van der Waals surface area contributed by atoms with Crippen LogP contribution in [0.3, 0.4) is 0 Å². The van der Waals surface area contributed by atoms with E-state index in [0.29, 0.717) is 13.0 Å². The van der Waals surface area contributed by atoms with Crippen LogP contribution in [0.4, 0.5) is 0 Å². The van der Waals surface area contributed by atoms with Crippen LogP contribution in [0.5, 0.6) is 0 Å². The third kappa shape index (κ3) is 3.35. The molecule has 104 valence electrons. The molecule has 1 fully saturated rings. The lowest BCUT2D eigenvalue weighted by atomic mass is 10.2. The lowest BCUT2D eigenvalue weighted by Gasteiger charge is -2.17. The molecule has 0 spiro atoms. The normalized spacial score (nSPS) is 22.2. The predicted molar refractivity (Wildman–Crippen MR) is 67.6 cm³/mol. The molecule has 0 bridgehead atoms. The van der Waals surface area contributed by atoms with Crippen molar-refractivity contribution in [3.05, 3.63) is 24.2 Å². The van der Waals surface area contributed by atoms with Crippen LogP contribution in [0.2, 0.25) is 0 Å². The Bertz CT molecular complexity index is 442. The van der Waals surface area contributed by atoms with Crippen LogP contribution in [0, 0.1) is 0 Å². The van der Waals surface area contributed by atoms with Gasteiger partial charge in [-0.25, -0.2) is 0 Å². The van der Waals surface area contributed by atoms with Crippen LogP contribution in [0.15, 0.2) is 22.8 Å². The number of hydrogen-bond acceptors (Lipinski definition) is 4. The zero-order chi connectivity index (χ0) is 13.8. The minimum Gasteiger partial charge on any atom is -0.459 e. The molecule has 2 amide bonds. The van der Waals surface area contributed by atoms with E-state index < -0.39 is 0 Å². The summed E-state index contributed by atoms with van der Waals surface area (Å²) in [6.07, 6.45) is 2.40. The van der Waals surface area contributed by atoms with Crippen molar-refractivity contribution >= 4 is 11.8 Å². The van der Waals surface area contributed by atoms with Crippen LogP contribution in [-0.4, -0.2) is 49.6 Å². The van der Waals surface area contributed by atoms with Crippen LogP contribution in [-0.2, 0) is 9.53 Å². The summed E-state index contributed by atoms with van der Waals surface area (Å²) in [5.74, 6) is -0.0187. The highest BCUT2D eigenvalue weighted by molar-refractivity contribution is 5.91. The van der Waals surface area contributed by atoms with Crippen LogP contribution in [0.25, 0.3) is 0 Å². The van der Waals surface area contributed by atoms with Crippen molar-refractivity contribution in [3.63, 3.8) is 0 Å². The number of furan rings is 1. The minimum absolute atomic E-state index is 0.0279. The van der Waals surface area contributed by atoms with Crippen LogP contribution < -0.4 is 5.32 Å². The highest BCUT2D eigenvalue weighted by Crippen LogP contribution is 2.20. The second-order valence-corrected chi connectivity index (χ2v) is 4.74. The Labute approximate surface area is 111 Å². The Kier molecular flexibility index (Phi) is 4.21. The van der Waals surface area contributed by atoms with Gasteiger partial charge in [0.15, 0.2) is 5.76 Å². The van der Waals surface area contributed by atoms with Gasteiger partial charge in [-0.15, -0.1) is 0 Å². The second-order valence-electron chi connectivity index (χ2n) is 4.74. The maximum atomic E-state index is 11.7. The van der Waals surface area contributed by atoms with E-state index in [2.05, 4.69) is 5.32 Å². The molecule has 19 heavy (non-hydrogen) atoms. The van der Waals surface area contributed by atoms with E-state index in [9.17, 15) is 9.59 Å². The molecule has 2 heterocycles. The zero-order valence-corrected chi connectivity index (χ0v) is 11.1. The van der Waals surface area contributed by atoms with Crippen LogP contribution >= 0.6 is 0 Å². The highest BCUT2D eigenvalue weighted by Gasteiger charge is 2.31. The summed E-state index contributed by atoms with van der Waals surface area (Å²) in [4.78, 5) is 24.9. The average molecular weight is 266 g/mol. The molecule has 1 aromatic heterocycles. The molecule has 1 N–H and O–H groups in total. The van der Waals surface area contributed by atoms with Gasteiger partial charge in [0.2, 0.25) is 0 Å². The maximum Gasteiger partial charge on any atom is 0.287 e. The Morgan fingerprint density at radius 1 is 1.42 bits per heavy atom. The molecule has 1 saturated heterocycles. The SMILES string of the molecule is CN(C)C(=O)[C@@H]1CC[C@H](CNC(=O)c2ccco2)O1. The zero-order valence-electron chi connectivity index (χ0n) is 11.1. The lowest BCUT2D eigenvalue weighted by molar-refractivity contribution is -0.140. The van der Waals surface area contributed by atoms with E-state index in [1.54, 1.807) is 26.2 Å². The fourth-order valence-corrected chi connectivity index (χ4v) is 2.03. The first-order valence-corrected chi connectivity index (χ1v) is 6.26. The predicted octanol–water partition coefficient (Wildman–Crippen LogP) is 0.645. The van der Waals surface area contributed by atoms with Crippen molar-refractivity contribution in [2.45, 2.75) is 25.0 Å². The van der Waals surface area contributed by atoms with Gasteiger partial charge in [0.1, 0.15) is 6.10 Å². The summed E-state index contributed by atoms with van der Waals surface area (Å²) in [5.41, 5.74) is 0. The number of amides is 2. The quantitative estimate of drug-likeness (QED) is 0.868. The standard InChI is InChI=1S/C13H18N2O4/c1-15(2)13(17)11-6-5-9(19-11)8-14-12(16)10-4-3-7-18-10/h3-4,7,9,11H,5-6,8H2,1-2H3,(H,14,16)/t9-,11+/m1/s1. The molecule has 1 aliphatic heterocycles. The monoisotopic (exact) mass is 266 g/mol. The van der Waals surface area contributed by atoms with Crippen molar-refractivity contribution in [2.24, 2.45) is 0 Å². The van der Waals surface area contributed by atoms with Crippen molar-refractivity contribution in [3.8, 4) is 0 Å². The van der Waals surface area contributed by atoms with E-state index in [0.717, 1.165) is 6.42 Å². The first-order valence-electron chi connectivity index (χ1n) is 6.26. The first-order chi connectivity index (χ1) is 9.08. The molecule has 0 unspecified atom stereocenters. The number of carbonyl (C=O) groups is 2. The third-order valence-electron chi connectivity index (χ3n) is 3.06. The van der Waals surface area contributed by atoms with E-state index >= 15 is 0 Å². The molecular weight excluding hydrogens is 248 g/mol. The Morgan fingerprint density at radius 2 is 2.21 bits per heavy atom. The largest absolute Gasteiger partial charge is 0.459 e. The van der Waals surface area contributed by atoms with Crippen LogP contribution in [0.1, 0.15) is 23.4 Å². The number of nitrogens with zero attached hydrogens (tertiary/aromatic N) is 1. The molecule has 0 aliphatic carbocycles. The molecule has 0 radical (unpaired) electrons. The van der Waals surface area contributed by atoms with Crippen molar-refractivity contribution < 1.29 is 18.7 Å². The molecular formula is C13H18N2O4. The molecule has 0 aromatic carbocycles. The fourth-order valence-electron chi connectivity index (χ4n) is 2.03. The molecule has 1 aromatic rings. The molecule has 0 saturated carbocycles. The van der Waals surface area contributed by atoms with Gasteiger partial charge in [-0.1, -0.05) is 0 Å². The molecule has 2 rings (SSSR count). The third-order valence-corrected chi connectivity index (χ3v) is 3.06. The van der Waals surface area contributed by atoms with Gasteiger partial charge < -0.3 is 19.4 Å². The number of hydrogen-bond donors (Lipinski definition) is 1. The Morgan fingerprint density at radius 3 is 2.84 bits per heavy atom. The smallest absolute Gasteiger partial charge is 0.287 e. The number of nitrogens with one attached hydrogen (secondary N) is 1. The molecule has 1 aliphatic rings. The summed E-state index contributed by atoms with van der Waals surface area (Å²) >= 11 is 0. The second kappa shape index (κ2) is 5.88.